The standard InChI is InChI=1S/C21H20ClF3N4O2S/c1-28-12-20(26-13-28)32(30,31)29-10-16(14-5-3-2-4-6-14)19(11-29)27-15-7-8-18(22)17(9-15)21(23,24)25/h2-9,12-13,16,19,27H,10-11H2,1H3/t16-,19+/m1/s1. The smallest absolute Gasteiger partial charge is 0.380 e. The highest BCUT2D eigenvalue weighted by Gasteiger charge is 2.41. The summed E-state index contributed by atoms with van der Waals surface area (Å²) in [6.07, 6.45) is -1.78. The third kappa shape index (κ3) is 4.48. The lowest BCUT2D eigenvalue weighted by molar-refractivity contribution is -0.137. The van der Waals surface area contributed by atoms with E-state index >= 15 is 0 Å². The average molecular weight is 485 g/mol. The Morgan fingerprint density at radius 2 is 1.84 bits per heavy atom. The van der Waals surface area contributed by atoms with Crippen molar-refractivity contribution in [3.63, 3.8) is 0 Å². The highest BCUT2D eigenvalue weighted by molar-refractivity contribution is 7.89. The molecule has 0 amide bonds. The van der Waals surface area contributed by atoms with E-state index in [0.717, 1.165) is 11.6 Å². The Morgan fingerprint density at radius 3 is 2.47 bits per heavy atom. The van der Waals surface area contributed by atoms with Gasteiger partial charge in [0.15, 0.2) is 5.03 Å². The van der Waals surface area contributed by atoms with E-state index in [-0.39, 0.29) is 29.7 Å². The molecule has 4 rings (SSSR count). The van der Waals surface area contributed by atoms with Crippen molar-refractivity contribution in [2.24, 2.45) is 7.05 Å². The van der Waals surface area contributed by atoms with Gasteiger partial charge >= 0.3 is 6.18 Å². The number of aromatic nitrogens is 2. The Bertz CT molecular complexity index is 1220. The zero-order valence-electron chi connectivity index (χ0n) is 16.9. The van der Waals surface area contributed by atoms with E-state index in [1.54, 1.807) is 11.6 Å². The fourth-order valence-electron chi connectivity index (χ4n) is 3.85. The number of hydrogen-bond donors (Lipinski definition) is 1. The summed E-state index contributed by atoms with van der Waals surface area (Å²) in [6.45, 7) is 0.239. The van der Waals surface area contributed by atoms with E-state index < -0.39 is 32.8 Å². The number of imidazole rings is 1. The van der Waals surface area contributed by atoms with E-state index in [4.69, 9.17) is 11.6 Å². The fourth-order valence-corrected chi connectivity index (χ4v) is 5.53. The van der Waals surface area contributed by atoms with Crippen molar-refractivity contribution < 1.29 is 21.6 Å². The molecule has 0 bridgehead atoms. The summed E-state index contributed by atoms with van der Waals surface area (Å²) in [5.74, 6) is -0.278. The molecule has 0 saturated carbocycles. The molecule has 0 spiro atoms. The second-order valence-corrected chi connectivity index (χ2v) is 9.95. The minimum atomic E-state index is -4.60. The highest BCUT2D eigenvalue weighted by atomic mass is 35.5. The Kier molecular flexibility index (Phi) is 5.95. The number of alkyl halides is 3. The summed E-state index contributed by atoms with van der Waals surface area (Å²) in [4.78, 5) is 3.96. The van der Waals surface area contributed by atoms with Gasteiger partial charge in [0.05, 0.1) is 16.9 Å². The fraction of sp³-hybridized carbons (Fsp3) is 0.286. The van der Waals surface area contributed by atoms with Crippen LogP contribution in [-0.4, -0.2) is 41.4 Å². The molecule has 6 nitrogen and oxygen atoms in total. The van der Waals surface area contributed by atoms with E-state index in [2.05, 4.69) is 10.3 Å². The quantitative estimate of drug-likeness (QED) is 0.584. The third-order valence-electron chi connectivity index (χ3n) is 5.42. The molecule has 0 aliphatic carbocycles. The maximum Gasteiger partial charge on any atom is 0.417 e. The molecule has 1 fully saturated rings. The van der Waals surface area contributed by atoms with Gasteiger partial charge in [-0.3, -0.25) is 0 Å². The van der Waals surface area contributed by atoms with Gasteiger partial charge in [0.2, 0.25) is 0 Å². The number of halogens is 4. The van der Waals surface area contributed by atoms with E-state index in [9.17, 15) is 21.6 Å². The molecule has 170 valence electrons. The van der Waals surface area contributed by atoms with Crippen LogP contribution in [0.4, 0.5) is 18.9 Å². The molecule has 1 aliphatic heterocycles. The van der Waals surface area contributed by atoms with Crippen LogP contribution in [0.25, 0.3) is 0 Å². The molecule has 1 aliphatic rings. The van der Waals surface area contributed by atoms with Crippen LogP contribution in [0.1, 0.15) is 17.0 Å². The summed E-state index contributed by atoms with van der Waals surface area (Å²) in [6, 6.07) is 12.4. The van der Waals surface area contributed by atoms with Crippen molar-refractivity contribution >= 4 is 27.3 Å². The second kappa shape index (κ2) is 8.42. The number of rotatable bonds is 5. The molecule has 11 heteroatoms. The van der Waals surface area contributed by atoms with Crippen LogP contribution in [0, 0.1) is 0 Å². The first kappa shape index (κ1) is 22.6. The van der Waals surface area contributed by atoms with Crippen molar-refractivity contribution in [2.75, 3.05) is 18.4 Å². The lowest BCUT2D eigenvalue weighted by Crippen LogP contribution is -2.32. The third-order valence-corrected chi connectivity index (χ3v) is 7.47. The maximum atomic E-state index is 13.3. The van der Waals surface area contributed by atoms with Gasteiger partial charge in [-0.25, -0.2) is 13.4 Å². The largest absolute Gasteiger partial charge is 0.417 e. The van der Waals surface area contributed by atoms with Crippen molar-refractivity contribution in [3.05, 3.63) is 77.2 Å². The number of anilines is 1. The average Bonchev–Trinajstić information content (AvgIpc) is 3.36. The zero-order chi connectivity index (χ0) is 23.1. The molecule has 32 heavy (non-hydrogen) atoms. The highest BCUT2D eigenvalue weighted by Crippen LogP contribution is 2.38. The van der Waals surface area contributed by atoms with Crippen LogP contribution in [0.3, 0.4) is 0 Å². The predicted octanol–water partition coefficient (Wildman–Crippen LogP) is 4.36. The summed E-state index contributed by atoms with van der Waals surface area (Å²) < 4.78 is 68.9. The predicted molar refractivity (Wildman–Crippen MR) is 115 cm³/mol. The van der Waals surface area contributed by atoms with Gasteiger partial charge < -0.3 is 9.88 Å². The van der Waals surface area contributed by atoms with E-state index in [1.807, 2.05) is 30.3 Å². The monoisotopic (exact) mass is 484 g/mol. The van der Waals surface area contributed by atoms with Crippen LogP contribution < -0.4 is 5.32 Å². The summed E-state index contributed by atoms with van der Waals surface area (Å²) in [5, 5.41) is 2.63. The van der Waals surface area contributed by atoms with E-state index in [0.29, 0.717) is 0 Å². The molecule has 1 aromatic heterocycles. The van der Waals surface area contributed by atoms with Crippen LogP contribution in [0.5, 0.6) is 0 Å². The number of nitrogens with zero attached hydrogens (tertiary/aromatic N) is 3. The molecule has 1 saturated heterocycles. The van der Waals surface area contributed by atoms with Gasteiger partial charge in [-0.1, -0.05) is 41.9 Å². The molecular weight excluding hydrogens is 465 g/mol. The van der Waals surface area contributed by atoms with Gasteiger partial charge in [0.25, 0.3) is 10.0 Å². The summed E-state index contributed by atoms with van der Waals surface area (Å²) >= 11 is 5.73. The number of benzene rings is 2. The van der Waals surface area contributed by atoms with Crippen LogP contribution in [-0.2, 0) is 23.2 Å². The molecule has 0 unspecified atom stereocenters. The lowest BCUT2D eigenvalue weighted by atomic mass is 9.94. The first-order chi connectivity index (χ1) is 15.1. The van der Waals surface area contributed by atoms with Crippen molar-refractivity contribution in [2.45, 2.75) is 23.2 Å². The number of hydrogen-bond acceptors (Lipinski definition) is 4. The molecule has 1 N–H and O–H groups in total. The molecule has 2 aromatic carbocycles. The molecule has 2 atom stereocenters. The topological polar surface area (TPSA) is 67.2 Å². The number of sulfonamides is 1. The van der Waals surface area contributed by atoms with Gasteiger partial charge in [0, 0.05) is 44.0 Å². The number of aryl methyl sites for hydroxylation is 1. The Labute approximate surface area is 188 Å². The Balaban J connectivity index is 1.66. The summed E-state index contributed by atoms with van der Waals surface area (Å²) in [5.41, 5.74) is 0.148. The van der Waals surface area contributed by atoms with Crippen molar-refractivity contribution in [1.82, 2.24) is 13.9 Å². The molecule has 3 aromatic rings. The normalized spacial score (nSPS) is 19.9. The second-order valence-electron chi connectivity index (χ2n) is 7.66. The summed E-state index contributed by atoms with van der Waals surface area (Å²) in [7, 11) is -2.19. The molecule has 2 heterocycles. The Morgan fingerprint density at radius 1 is 1.12 bits per heavy atom. The van der Waals surface area contributed by atoms with Crippen LogP contribution in [0.2, 0.25) is 5.02 Å². The van der Waals surface area contributed by atoms with Crippen molar-refractivity contribution in [3.8, 4) is 0 Å². The lowest BCUT2D eigenvalue weighted by Gasteiger charge is -2.22. The maximum absolute atomic E-state index is 13.3. The first-order valence-electron chi connectivity index (χ1n) is 9.72. The van der Waals surface area contributed by atoms with E-state index in [1.165, 1.54) is 29.0 Å². The SMILES string of the molecule is Cn1cnc(S(=O)(=O)N2C[C@H](Nc3ccc(Cl)c(C(F)(F)F)c3)[C@@H](c3ccccc3)C2)c1. The first-order valence-corrected chi connectivity index (χ1v) is 11.5. The van der Waals surface area contributed by atoms with Crippen LogP contribution >= 0.6 is 11.6 Å². The zero-order valence-corrected chi connectivity index (χ0v) is 18.5. The van der Waals surface area contributed by atoms with Gasteiger partial charge in [-0.15, -0.1) is 0 Å². The number of nitrogens with one attached hydrogen (secondary N) is 1. The molecule has 0 radical (unpaired) electrons. The van der Waals surface area contributed by atoms with Gasteiger partial charge in [0.1, 0.15) is 0 Å². The van der Waals surface area contributed by atoms with Crippen molar-refractivity contribution in [1.29, 1.82) is 0 Å². The molecular formula is C21H20ClF3N4O2S. The minimum absolute atomic E-state index is 0.0710. The van der Waals surface area contributed by atoms with Gasteiger partial charge in [-0.2, -0.15) is 17.5 Å². The van der Waals surface area contributed by atoms with Crippen LogP contribution in [0.15, 0.2) is 66.1 Å². The van der Waals surface area contributed by atoms with Gasteiger partial charge in [-0.05, 0) is 23.8 Å². The Hall–Kier alpha value is -2.56. The minimum Gasteiger partial charge on any atom is -0.380 e.